The number of pyridine rings is 1. The SMILES string of the molecule is CC(C)Cn1cc(C(=O)O)c(=O)c2cc(Cl)c(N3Cc4ccccc4C3)cc21.N. The van der Waals surface area contributed by atoms with Crippen LogP contribution in [0.2, 0.25) is 5.02 Å². The number of hydrogen-bond donors (Lipinski definition) is 2. The lowest BCUT2D eigenvalue weighted by Gasteiger charge is -2.22. The molecule has 4 rings (SSSR count). The zero-order valence-corrected chi connectivity index (χ0v) is 17.2. The highest BCUT2D eigenvalue weighted by Crippen LogP contribution is 2.35. The predicted octanol–water partition coefficient (Wildman–Crippen LogP) is 4.69. The van der Waals surface area contributed by atoms with E-state index in [2.05, 4.69) is 30.9 Å². The molecule has 0 saturated carbocycles. The number of anilines is 1. The van der Waals surface area contributed by atoms with Gasteiger partial charge in [0, 0.05) is 31.2 Å². The summed E-state index contributed by atoms with van der Waals surface area (Å²) in [6, 6.07) is 11.8. The van der Waals surface area contributed by atoms with Gasteiger partial charge in [0.1, 0.15) is 5.56 Å². The number of rotatable bonds is 4. The minimum atomic E-state index is -1.22. The number of carbonyl (C=O) groups is 1. The van der Waals surface area contributed by atoms with Crippen molar-refractivity contribution < 1.29 is 9.90 Å². The van der Waals surface area contributed by atoms with Crippen molar-refractivity contribution in [3.8, 4) is 0 Å². The second-order valence-corrected chi connectivity index (χ2v) is 8.08. The number of aromatic carboxylic acids is 1. The Bertz CT molecular complexity index is 1130. The lowest BCUT2D eigenvalue weighted by Crippen LogP contribution is -2.21. The van der Waals surface area contributed by atoms with Crippen LogP contribution in [0, 0.1) is 5.92 Å². The third kappa shape index (κ3) is 3.73. The van der Waals surface area contributed by atoms with Crippen molar-refractivity contribution in [2.24, 2.45) is 5.92 Å². The molecular formula is C22H24ClN3O3. The van der Waals surface area contributed by atoms with Gasteiger partial charge in [0.25, 0.3) is 0 Å². The van der Waals surface area contributed by atoms with Gasteiger partial charge in [-0.05, 0) is 29.2 Å². The third-order valence-electron chi connectivity index (χ3n) is 5.12. The van der Waals surface area contributed by atoms with Gasteiger partial charge in [-0.3, -0.25) is 4.79 Å². The first-order chi connectivity index (χ1) is 13.3. The van der Waals surface area contributed by atoms with Crippen molar-refractivity contribution in [3.05, 3.63) is 74.5 Å². The molecule has 0 spiro atoms. The maximum Gasteiger partial charge on any atom is 0.341 e. The molecular weight excluding hydrogens is 390 g/mol. The Hall–Kier alpha value is -2.83. The summed E-state index contributed by atoms with van der Waals surface area (Å²) in [5.41, 5.74) is 3.36. The highest BCUT2D eigenvalue weighted by molar-refractivity contribution is 6.34. The molecule has 2 heterocycles. The zero-order chi connectivity index (χ0) is 20.0. The van der Waals surface area contributed by atoms with Gasteiger partial charge in [-0.2, -0.15) is 0 Å². The molecule has 0 unspecified atom stereocenters. The zero-order valence-electron chi connectivity index (χ0n) is 16.5. The van der Waals surface area contributed by atoms with Gasteiger partial charge < -0.3 is 20.7 Å². The fraction of sp³-hybridized carbons (Fsp3) is 0.273. The van der Waals surface area contributed by atoms with Crippen molar-refractivity contribution in [3.63, 3.8) is 0 Å². The monoisotopic (exact) mass is 413 g/mol. The van der Waals surface area contributed by atoms with Crippen molar-refractivity contribution in [1.29, 1.82) is 0 Å². The van der Waals surface area contributed by atoms with Crippen LogP contribution in [0.15, 0.2) is 47.4 Å². The fourth-order valence-electron chi connectivity index (χ4n) is 3.84. The smallest absolute Gasteiger partial charge is 0.341 e. The normalized spacial score (nSPS) is 12.9. The minimum absolute atomic E-state index is 0. The second-order valence-electron chi connectivity index (χ2n) is 7.67. The van der Waals surface area contributed by atoms with Gasteiger partial charge in [-0.25, -0.2) is 4.79 Å². The van der Waals surface area contributed by atoms with Gasteiger partial charge >= 0.3 is 5.97 Å². The van der Waals surface area contributed by atoms with E-state index in [-0.39, 0.29) is 11.7 Å². The Morgan fingerprint density at radius 2 is 1.79 bits per heavy atom. The van der Waals surface area contributed by atoms with Crippen molar-refractivity contribution in [2.45, 2.75) is 33.5 Å². The van der Waals surface area contributed by atoms with Crippen LogP contribution in [-0.2, 0) is 19.6 Å². The van der Waals surface area contributed by atoms with Crippen LogP contribution in [-0.4, -0.2) is 15.6 Å². The van der Waals surface area contributed by atoms with E-state index in [1.807, 2.05) is 22.8 Å². The molecule has 0 saturated heterocycles. The number of hydrogen-bond acceptors (Lipinski definition) is 4. The summed E-state index contributed by atoms with van der Waals surface area (Å²) in [5.74, 6) is -0.929. The molecule has 7 heteroatoms. The molecule has 0 bridgehead atoms. The molecule has 29 heavy (non-hydrogen) atoms. The standard InChI is InChI=1S/C22H21ClN2O3.H3N/c1-13(2)9-24-12-17(22(27)28)21(26)16-7-18(23)20(8-19(16)24)25-10-14-5-3-4-6-15(14)11-25;/h3-8,12-13H,9-11H2,1-2H3,(H,27,28);1H3. The van der Waals surface area contributed by atoms with Gasteiger partial charge in [0.05, 0.1) is 16.2 Å². The van der Waals surface area contributed by atoms with Crippen LogP contribution in [0.1, 0.15) is 35.3 Å². The molecule has 152 valence electrons. The molecule has 1 aliphatic rings. The summed E-state index contributed by atoms with van der Waals surface area (Å²) >= 11 is 6.55. The predicted molar refractivity (Wildman–Crippen MR) is 116 cm³/mol. The topological polar surface area (TPSA) is 97.5 Å². The highest BCUT2D eigenvalue weighted by Gasteiger charge is 2.23. The second kappa shape index (κ2) is 7.89. The van der Waals surface area contributed by atoms with Crippen molar-refractivity contribution in [2.75, 3.05) is 4.90 Å². The first kappa shape index (κ1) is 20.9. The average molecular weight is 414 g/mol. The molecule has 0 radical (unpaired) electrons. The number of carboxylic acids is 1. The minimum Gasteiger partial charge on any atom is -0.477 e. The molecule has 0 fully saturated rings. The summed E-state index contributed by atoms with van der Waals surface area (Å²) in [5, 5.41) is 10.2. The summed E-state index contributed by atoms with van der Waals surface area (Å²) in [6.45, 7) is 6.22. The molecule has 2 aromatic carbocycles. The fourth-order valence-corrected chi connectivity index (χ4v) is 4.13. The number of halogens is 1. The van der Waals surface area contributed by atoms with Gasteiger partial charge in [-0.1, -0.05) is 49.7 Å². The summed E-state index contributed by atoms with van der Waals surface area (Å²) < 4.78 is 1.86. The van der Waals surface area contributed by atoms with Crippen molar-refractivity contribution >= 4 is 34.2 Å². The Kier molecular flexibility index (Phi) is 5.68. The molecule has 0 atom stereocenters. The van der Waals surface area contributed by atoms with Crippen LogP contribution in [0.4, 0.5) is 5.69 Å². The van der Waals surface area contributed by atoms with Crippen LogP contribution in [0.25, 0.3) is 10.9 Å². The van der Waals surface area contributed by atoms with Gasteiger partial charge in [0.15, 0.2) is 0 Å². The van der Waals surface area contributed by atoms with E-state index < -0.39 is 11.4 Å². The number of fused-ring (bicyclic) bond motifs is 2. The molecule has 0 aliphatic carbocycles. The maximum absolute atomic E-state index is 12.7. The number of carboxylic acid groups (broad SMARTS) is 1. The van der Waals surface area contributed by atoms with E-state index in [1.165, 1.54) is 17.3 Å². The Morgan fingerprint density at radius 3 is 2.34 bits per heavy atom. The lowest BCUT2D eigenvalue weighted by molar-refractivity contribution is 0.0694. The Balaban J connectivity index is 0.00000240. The highest BCUT2D eigenvalue weighted by atomic mass is 35.5. The maximum atomic E-state index is 12.7. The summed E-state index contributed by atoms with van der Waals surface area (Å²) in [7, 11) is 0. The quantitative estimate of drug-likeness (QED) is 0.646. The molecule has 1 aliphatic heterocycles. The van der Waals surface area contributed by atoms with Crippen LogP contribution >= 0.6 is 11.6 Å². The average Bonchev–Trinajstić information content (AvgIpc) is 3.07. The summed E-state index contributed by atoms with van der Waals surface area (Å²) in [6.07, 6.45) is 1.45. The molecule has 3 aromatic rings. The van der Waals surface area contributed by atoms with Crippen LogP contribution in [0.5, 0.6) is 0 Å². The van der Waals surface area contributed by atoms with E-state index in [4.69, 9.17) is 11.6 Å². The molecule has 1 aromatic heterocycles. The molecule has 4 N–H and O–H groups in total. The third-order valence-corrected chi connectivity index (χ3v) is 5.43. The van der Waals surface area contributed by atoms with E-state index in [1.54, 1.807) is 6.07 Å². The molecule has 0 amide bonds. The Labute approximate surface area is 173 Å². The van der Waals surface area contributed by atoms with Gasteiger partial charge in [0.2, 0.25) is 5.43 Å². The van der Waals surface area contributed by atoms with Crippen molar-refractivity contribution in [1.82, 2.24) is 10.7 Å². The van der Waals surface area contributed by atoms with E-state index in [9.17, 15) is 14.7 Å². The van der Waals surface area contributed by atoms with Gasteiger partial charge in [-0.15, -0.1) is 0 Å². The number of aromatic nitrogens is 1. The van der Waals surface area contributed by atoms with E-state index in [0.717, 1.165) is 18.8 Å². The van der Waals surface area contributed by atoms with Crippen LogP contribution < -0.4 is 16.5 Å². The number of benzene rings is 2. The van der Waals surface area contributed by atoms with E-state index in [0.29, 0.717) is 28.4 Å². The first-order valence-electron chi connectivity index (χ1n) is 9.27. The van der Waals surface area contributed by atoms with Crippen LogP contribution in [0.3, 0.4) is 0 Å². The number of nitrogens with zero attached hydrogens (tertiary/aromatic N) is 2. The first-order valence-corrected chi connectivity index (χ1v) is 9.64. The lowest BCUT2D eigenvalue weighted by atomic mass is 10.1. The Morgan fingerprint density at radius 1 is 1.17 bits per heavy atom. The molecule has 6 nitrogen and oxygen atoms in total. The summed E-state index contributed by atoms with van der Waals surface area (Å²) in [4.78, 5) is 26.4. The largest absolute Gasteiger partial charge is 0.477 e. The van der Waals surface area contributed by atoms with E-state index >= 15 is 0 Å².